The third-order valence-corrected chi connectivity index (χ3v) is 17.7. The average Bonchev–Trinajstić information content (AvgIpc) is 1.63. The number of benzene rings is 10. The van der Waals surface area contributed by atoms with Crippen LogP contribution in [0.25, 0.3) is 66.6 Å². The van der Waals surface area contributed by atoms with Crippen LogP contribution >= 0.6 is 0 Å². The van der Waals surface area contributed by atoms with Crippen molar-refractivity contribution < 1.29 is 51.6 Å². The summed E-state index contributed by atoms with van der Waals surface area (Å²) in [7, 11) is 8.21. The summed E-state index contributed by atoms with van der Waals surface area (Å²) in [6.45, 7) is 8.23. The van der Waals surface area contributed by atoms with Crippen LogP contribution < -0.4 is 38.9 Å². The molecular weight excluding hydrogens is 1580 g/mol. The topological polar surface area (TPSA) is 80.0 Å². The van der Waals surface area contributed by atoms with Gasteiger partial charge >= 0.3 is 42.1 Å². The molecule has 0 unspecified atom stereocenters. The standard InChI is InChI=1S/C54H38N8O.C28H22N4O.2Pt/c1-57-35-59(33-51(57)37-21-25-39(26-22-37)61-49-19-5-3-15-45(49)47-17-9-29-55-53(47)61)41-11-7-13-43(31-41)63-44-14-8-12-42(32-44)60-34-52(58(2)36-60)38-23-27-40(28-24-38)62-50-20-6-4-16-46(50)48-18-10-30-56-54(48)62;1-29-19-31(27-15-5-3-13-25(27)29)21-9-7-11-23(17-21)33-24-12-8-10-22(18-24)32-20-30(2)26-14-4-6-16-28(26)32;;/h3-30,33-36H,1-2H3;3-16,19-20H,1-2H3;;/q2*-4;2*+4. The second-order valence-electron chi connectivity index (χ2n) is 23.8. The molecule has 480 valence electrons. The number of pyridine rings is 2. The maximum absolute atomic E-state index is 6.40. The van der Waals surface area contributed by atoms with Gasteiger partial charge < -0.3 is 48.7 Å². The van der Waals surface area contributed by atoms with Gasteiger partial charge in [0.25, 0.3) is 0 Å². The van der Waals surface area contributed by atoms with E-state index < -0.39 is 0 Å². The summed E-state index contributed by atoms with van der Waals surface area (Å²) in [4.78, 5) is 26.3. The van der Waals surface area contributed by atoms with Crippen LogP contribution in [0.2, 0.25) is 0 Å². The maximum Gasteiger partial charge on any atom is 4.00 e. The van der Waals surface area contributed by atoms with E-state index in [0.29, 0.717) is 23.0 Å². The first-order valence-corrected chi connectivity index (χ1v) is 31.6. The average molecular weight is 1640 g/mol. The fraction of sp³-hybridized carbons (Fsp3) is 0.0488. The van der Waals surface area contributed by atoms with Crippen molar-refractivity contribution >= 4 is 101 Å². The van der Waals surface area contributed by atoms with Gasteiger partial charge in [0.15, 0.2) is 0 Å². The van der Waals surface area contributed by atoms with Crippen molar-refractivity contribution in [2.75, 3.05) is 57.6 Å². The molecule has 14 aromatic rings. The van der Waals surface area contributed by atoms with Gasteiger partial charge in [-0.15, -0.1) is 95.5 Å². The van der Waals surface area contributed by atoms with Gasteiger partial charge in [-0.2, -0.15) is 50.9 Å². The zero-order valence-electron chi connectivity index (χ0n) is 53.5. The Morgan fingerprint density at radius 2 is 0.663 bits per heavy atom. The molecule has 98 heavy (non-hydrogen) atoms. The van der Waals surface area contributed by atoms with Crippen LogP contribution in [0.4, 0.5) is 45.5 Å². The van der Waals surface area contributed by atoms with E-state index >= 15 is 0 Å². The third kappa shape index (κ3) is 11.6. The van der Waals surface area contributed by atoms with E-state index in [0.717, 1.165) is 112 Å². The summed E-state index contributed by atoms with van der Waals surface area (Å²) < 4.78 is 17.1. The number of aromatic nitrogens is 4. The van der Waals surface area contributed by atoms with Gasteiger partial charge in [-0.25, -0.2) is 9.97 Å². The van der Waals surface area contributed by atoms with Crippen molar-refractivity contribution in [3.05, 3.63) is 330 Å². The molecule has 0 saturated carbocycles. The van der Waals surface area contributed by atoms with E-state index in [2.05, 4.69) is 259 Å². The monoisotopic (exact) mass is 1630 g/mol. The van der Waals surface area contributed by atoms with Gasteiger partial charge in [-0.3, -0.25) is 9.13 Å². The van der Waals surface area contributed by atoms with Crippen LogP contribution in [0.1, 0.15) is 11.1 Å². The summed E-state index contributed by atoms with van der Waals surface area (Å²) in [5.74, 6) is 2.48. The molecule has 18 rings (SSSR count). The first-order chi connectivity index (χ1) is 47.2. The molecule has 14 nitrogen and oxygen atoms in total. The normalized spacial score (nSPS) is 14.0. The van der Waals surface area contributed by atoms with Gasteiger partial charge in [0.2, 0.25) is 0 Å². The minimum atomic E-state index is 0. The molecule has 0 bridgehead atoms. The molecule has 0 atom stereocenters. The van der Waals surface area contributed by atoms with Crippen molar-refractivity contribution in [1.82, 2.24) is 28.9 Å². The van der Waals surface area contributed by atoms with Crippen LogP contribution in [0, 0.1) is 50.9 Å². The molecule has 0 amide bonds. The Morgan fingerprint density at radius 1 is 0.316 bits per heavy atom. The predicted octanol–water partition coefficient (Wildman–Crippen LogP) is 18.3. The van der Waals surface area contributed by atoms with E-state index in [4.69, 9.17) is 19.4 Å². The molecule has 10 aromatic carbocycles. The minimum absolute atomic E-state index is 0. The maximum atomic E-state index is 6.40. The molecule has 0 N–H and O–H groups in total. The molecule has 4 aromatic heterocycles. The van der Waals surface area contributed by atoms with Crippen molar-refractivity contribution in [3.8, 4) is 34.4 Å². The van der Waals surface area contributed by atoms with E-state index in [1.165, 1.54) is 10.8 Å². The number of fused-ring (bicyclic) bond motifs is 8. The third-order valence-electron chi connectivity index (χ3n) is 17.7. The van der Waals surface area contributed by atoms with Gasteiger partial charge in [0, 0.05) is 102 Å². The zero-order valence-corrected chi connectivity index (χ0v) is 58.1. The number of ether oxygens (including phenoxy) is 2. The Labute approximate surface area is 598 Å². The van der Waals surface area contributed by atoms with Crippen LogP contribution in [-0.4, -0.2) is 57.1 Å². The molecule has 0 fully saturated rings. The number of anilines is 8. The fourth-order valence-electron chi connectivity index (χ4n) is 13.2. The van der Waals surface area contributed by atoms with Crippen LogP contribution in [-0.2, 0) is 42.1 Å². The fourth-order valence-corrected chi connectivity index (χ4v) is 13.2. The minimum Gasteiger partial charge on any atom is -0.509 e. The predicted molar refractivity (Wildman–Crippen MR) is 386 cm³/mol. The molecule has 8 heterocycles. The first kappa shape index (κ1) is 63.0. The van der Waals surface area contributed by atoms with Gasteiger partial charge in [0.05, 0.1) is 11.0 Å². The molecule has 4 aliphatic heterocycles. The van der Waals surface area contributed by atoms with E-state index in [1.54, 1.807) is 0 Å². The second-order valence-corrected chi connectivity index (χ2v) is 23.8. The van der Waals surface area contributed by atoms with Crippen molar-refractivity contribution in [2.24, 2.45) is 0 Å². The Hall–Kier alpha value is -11.0. The SMILES string of the molecule is CN1[CH-]N(c2[c-]c(Oc3[c-]c(N4C=C(c5ccc(-n6c7ccccc7c7cccnc76)cc5)N(C)[CH-]4)ccc3)ccc2)C=C1c1ccc(-n2c3ccccc3c3cccnc32)cc1.CN1[CH-]N(c2[c-]c(Oc3[c-]c(N4[CH-]N(C)c5ccccc54)ccc3)ccc2)c2ccccc21.[Pt+4].[Pt+4]. The molecule has 0 saturated heterocycles. The summed E-state index contributed by atoms with van der Waals surface area (Å²) in [5.41, 5.74) is 18.8. The van der Waals surface area contributed by atoms with Gasteiger partial charge in [-0.05, 0) is 137 Å². The Balaban J connectivity index is 0.000000189. The molecule has 0 spiro atoms. The zero-order chi connectivity index (χ0) is 64.4. The van der Waals surface area contributed by atoms with E-state index in [-0.39, 0.29) is 42.1 Å². The summed E-state index contributed by atoms with van der Waals surface area (Å²) in [6.07, 6.45) is 7.96. The molecule has 0 radical (unpaired) electrons. The smallest absolute Gasteiger partial charge is 0.509 e. The summed E-state index contributed by atoms with van der Waals surface area (Å²) in [6, 6.07) is 96.6. The Kier molecular flexibility index (Phi) is 17.1. The number of hydrogen-bond acceptors (Lipinski definition) is 12. The van der Waals surface area contributed by atoms with Crippen molar-refractivity contribution in [1.29, 1.82) is 0 Å². The van der Waals surface area contributed by atoms with Crippen molar-refractivity contribution in [2.45, 2.75) is 0 Å². The summed E-state index contributed by atoms with van der Waals surface area (Å²) in [5, 5.41) is 4.68. The van der Waals surface area contributed by atoms with Crippen molar-refractivity contribution in [3.63, 3.8) is 0 Å². The van der Waals surface area contributed by atoms with Crippen LogP contribution in [0.5, 0.6) is 23.0 Å². The second kappa shape index (κ2) is 26.5. The number of para-hydroxylation sites is 6. The van der Waals surface area contributed by atoms with E-state index in [9.17, 15) is 0 Å². The van der Waals surface area contributed by atoms with Crippen LogP contribution in [0.15, 0.2) is 267 Å². The molecule has 4 aliphatic rings. The first-order valence-electron chi connectivity index (χ1n) is 31.6. The Bertz CT molecular complexity index is 4930. The molecular formula is C82H60N12O2Pt2. The molecule has 16 heteroatoms. The number of hydrogen-bond donors (Lipinski definition) is 0. The molecule has 0 aliphatic carbocycles. The largest absolute Gasteiger partial charge is 4.00 e. The number of nitrogens with zero attached hydrogens (tertiary/aromatic N) is 12. The van der Waals surface area contributed by atoms with Crippen LogP contribution in [0.3, 0.4) is 0 Å². The van der Waals surface area contributed by atoms with E-state index in [1.807, 2.05) is 136 Å². The quantitative estimate of drug-likeness (QED) is 0.109. The number of rotatable bonds is 12. The Morgan fingerprint density at radius 3 is 1.07 bits per heavy atom. The van der Waals surface area contributed by atoms with Gasteiger partial charge in [0.1, 0.15) is 11.3 Å². The summed E-state index contributed by atoms with van der Waals surface area (Å²) >= 11 is 0. The van der Waals surface area contributed by atoms with Gasteiger partial charge in [-0.1, -0.05) is 84.9 Å².